The maximum Gasteiger partial charge on any atom is 0.488 e. The SMILES string of the molecule is CCNC(=O)C[C@@H]1N=C(c2ccc(Cl)cc2)c2cc(OCCCCC(=O)Nc3cccc(B(O)O)c3)ccc2-n2c(C)nnc21. The van der Waals surface area contributed by atoms with Crippen LogP contribution in [0.4, 0.5) is 5.69 Å². The number of hydrogen-bond acceptors (Lipinski definition) is 8. The summed E-state index contributed by atoms with van der Waals surface area (Å²) >= 11 is 6.20. The number of halogens is 1. The third-order valence-electron chi connectivity index (χ3n) is 7.30. The van der Waals surface area contributed by atoms with Crippen LogP contribution in [0.1, 0.15) is 61.4 Å². The van der Waals surface area contributed by atoms with Gasteiger partial charge in [-0.25, -0.2) is 0 Å². The van der Waals surface area contributed by atoms with Crippen molar-refractivity contribution in [2.24, 2.45) is 4.99 Å². The molecule has 4 N–H and O–H groups in total. The minimum atomic E-state index is -1.60. The van der Waals surface area contributed by atoms with E-state index in [4.69, 9.17) is 21.3 Å². The molecule has 0 saturated heterocycles. The van der Waals surface area contributed by atoms with Gasteiger partial charge in [0.1, 0.15) is 17.6 Å². The zero-order valence-corrected chi connectivity index (χ0v) is 25.8. The predicted octanol–water partition coefficient (Wildman–Crippen LogP) is 3.52. The van der Waals surface area contributed by atoms with E-state index in [2.05, 4.69) is 20.8 Å². The van der Waals surface area contributed by atoms with Gasteiger partial charge in [0.25, 0.3) is 0 Å². The lowest BCUT2D eigenvalue weighted by Crippen LogP contribution is -2.30. The van der Waals surface area contributed by atoms with Crippen molar-refractivity contribution in [3.05, 3.63) is 94.5 Å². The Hall–Kier alpha value is -4.52. The summed E-state index contributed by atoms with van der Waals surface area (Å²) in [6.07, 6.45) is 1.64. The molecule has 0 spiro atoms. The van der Waals surface area contributed by atoms with Crippen molar-refractivity contribution in [1.29, 1.82) is 0 Å². The molecule has 5 rings (SSSR count). The van der Waals surface area contributed by atoms with Crippen molar-refractivity contribution in [2.75, 3.05) is 18.5 Å². The molecular formula is C32H34BClN6O5. The van der Waals surface area contributed by atoms with Crippen LogP contribution in [0.25, 0.3) is 5.69 Å². The van der Waals surface area contributed by atoms with Crippen LogP contribution >= 0.6 is 11.6 Å². The van der Waals surface area contributed by atoms with Crippen molar-refractivity contribution in [1.82, 2.24) is 20.1 Å². The number of benzene rings is 3. The zero-order valence-electron chi connectivity index (χ0n) is 25.0. The van der Waals surface area contributed by atoms with E-state index in [1.807, 2.05) is 48.7 Å². The highest BCUT2D eigenvalue weighted by Gasteiger charge is 2.30. The van der Waals surface area contributed by atoms with Crippen molar-refractivity contribution < 1.29 is 24.4 Å². The van der Waals surface area contributed by atoms with Crippen molar-refractivity contribution in [2.45, 2.75) is 45.6 Å². The van der Waals surface area contributed by atoms with Crippen molar-refractivity contribution >= 4 is 47.4 Å². The quantitative estimate of drug-likeness (QED) is 0.138. The molecule has 0 aliphatic carbocycles. The van der Waals surface area contributed by atoms with Crippen LogP contribution in [0.15, 0.2) is 71.7 Å². The van der Waals surface area contributed by atoms with Crippen molar-refractivity contribution in [3.8, 4) is 11.4 Å². The molecule has 1 aromatic heterocycles. The van der Waals surface area contributed by atoms with E-state index < -0.39 is 13.2 Å². The number of hydrogen-bond donors (Lipinski definition) is 4. The van der Waals surface area contributed by atoms with Gasteiger partial charge < -0.3 is 25.4 Å². The number of aromatic nitrogens is 3. The molecular weight excluding hydrogens is 595 g/mol. The molecule has 0 unspecified atom stereocenters. The molecule has 2 amide bonds. The highest BCUT2D eigenvalue weighted by Crippen LogP contribution is 2.34. The maximum atomic E-state index is 12.7. The summed E-state index contributed by atoms with van der Waals surface area (Å²) in [6.45, 7) is 4.64. The minimum Gasteiger partial charge on any atom is -0.494 e. The number of fused-ring (bicyclic) bond motifs is 3. The van der Waals surface area contributed by atoms with E-state index in [1.165, 1.54) is 6.07 Å². The second-order valence-corrected chi connectivity index (χ2v) is 11.1. The maximum absolute atomic E-state index is 12.7. The second kappa shape index (κ2) is 14.5. The fourth-order valence-electron chi connectivity index (χ4n) is 5.16. The molecule has 1 atom stereocenters. The number of carbonyl (C=O) groups is 2. The van der Waals surface area contributed by atoms with Crippen LogP contribution in [0, 0.1) is 6.92 Å². The third kappa shape index (κ3) is 7.77. The lowest BCUT2D eigenvalue weighted by atomic mass is 9.80. The first-order chi connectivity index (χ1) is 21.7. The number of nitrogens with zero attached hydrogens (tertiary/aromatic N) is 4. The van der Waals surface area contributed by atoms with E-state index in [0.29, 0.717) is 65.3 Å². The molecule has 1 aliphatic heterocycles. The van der Waals surface area contributed by atoms with Gasteiger partial charge in [0.15, 0.2) is 5.82 Å². The van der Waals surface area contributed by atoms with Gasteiger partial charge in [0.2, 0.25) is 11.8 Å². The van der Waals surface area contributed by atoms with E-state index >= 15 is 0 Å². The molecule has 45 heavy (non-hydrogen) atoms. The molecule has 3 aromatic carbocycles. The summed E-state index contributed by atoms with van der Waals surface area (Å²) in [4.78, 5) is 30.2. The van der Waals surface area contributed by atoms with Crippen LogP contribution in [-0.4, -0.2) is 62.6 Å². The Morgan fingerprint density at radius 1 is 1.02 bits per heavy atom. The molecule has 13 heteroatoms. The average Bonchev–Trinajstić information content (AvgIpc) is 3.34. The van der Waals surface area contributed by atoms with E-state index in [9.17, 15) is 19.6 Å². The van der Waals surface area contributed by atoms with E-state index in [0.717, 1.165) is 16.8 Å². The Kier molecular flexibility index (Phi) is 10.3. The van der Waals surface area contributed by atoms with Gasteiger partial charge in [-0.3, -0.25) is 19.1 Å². The number of nitrogens with one attached hydrogen (secondary N) is 2. The number of carbonyl (C=O) groups excluding carboxylic acids is 2. The standard InChI is InChI=1S/C32H34BClN6O5/c1-3-35-30(42)19-27-32-39-38-20(2)40(32)28-15-14-25(18-26(28)31(37-27)21-10-12-23(34)13-11-21)45-16-5-4-9-29(41)36-24-8-6-7-22(17-24)33(43)44/h6-8,10-15,17-18,27,43-44H,3-5,9,16,19H2,1-2H3,(H,35,42)(H,36,41)/t27-/m0/s1. The molecule has 1 aliphatic rings. The number of ether oxygens (including phenoxy) is 1. The fraction of sp³-hybridized carbons (Fsp3) is 0.281. The Morgan fingerprint density at radius 3 is 2.58 bits per heavy atom. The fourth-order valence-corrected chi connectivity index (χ4v) is 5.29. The first kappa shape index (κ1) is 31.9. The topological polar surface area (TPSA) is 151 Å². The summed E-state index contributed by atoms with van der Waals surface area (Å²) in [5.41, 5.74) is 3.94. The van der Waals surface area contributed by atoms with E-state index in [1.54, 1.807) is 30.3 Å². The number of aryl methyl sites for hydroxylation is 1. The molecule has 0 saturated carbocycles. The summed E-state index contributed by atoms with van der Waals surface area (Å²) < 4.78 is 8.05. The molecule has 2 heterocycles. The smallest absolute Gasteiger partial charge is 0.488 e. The van der Waals surface area contributed by atoms with Crippen LogP contribution in [0.2, 0.25) is 5.02 Å². The van der Waals surface area contributed by atoms with Crippen LogP contribution in [-0.2, 0) is 9.59 Å². The van der Waals surface area contributed by atoms with Crippen LogP contribution in [0.5, 0.6) is 5.75 Å². The lowest BCUT2D eigenvalue weighted by molar-refractivity contribution is -0.121. The Labute approximate surface area is 266 Å². The van der Waals surface area contributed by atoms with Crippen molar-refractivity contribution in [3.63, 3.8) is 0 Å². The summed E-state index contributed by atoms with van der Waals surface area (Å²) in [6, 6.07) is 19.0. The molecule has 232 valence electrons. The summed E-state index contributed by atoms with van der Waals surface area (Å²) in [7, 11) is -1.60. The highest BCUT2D eigenvalue weighted by atomic mass is 35.5. The molecule has 0 radical (unpaired) electrons. The molecule has 0 fully saturated rings. The normalized spacial score (nSPS) is 13.6. The molecule has 11 nitrogen and oxygen atoms in total. The largest absolute Gasteiger partial charge is 0.494 e. The number of rotatable bonds is 12. The molecule has 4 aromatic rings. The Morgan fingerprint density at radius 2 is 1.82 bits per heavy atom. The van der Waals surface area contributed by atoms with Gasteiger partial charge in [-0.05, 0) is 74.6 Å². The van der Waals surface area contributed by atoms with Gasteiger partial charge in [0, 0.05) is 34.8 Å². The van der Waals surface area contributed by atoms with Crippen LogP contribution < -0.4 is 20.8 Å². The zero-order chi connectivity index (χ0) is 31.9. The Balaban J connectivity index is 1.32. The van der Waals surface area contributed by atoms with Gasteiger partial charge in [-0.15, -0.1) is 10.2 Å². The van der Waals surface area contributed by atoms with Gasteiger partial charge in [-0.1, -0.05) is 35.9 Å². The molecule has 0 bridgehead atoms. The van der Waals surface area contributed by atoms with E-state index in [-0.39, 0.29) is 24.7 Å². The number of unbranched alkanes of at least 4 members (excludes halogenated alkanes) is 1. The second-order valence-electron chi connectivity index (χ2n) is 10.6. The average molecular weight is 629 g/mol. The van der Waals surface area contributed by atoms with Gasteiger partial charge in [-0.2, -0.15) is 0 Å². The third-order valence-corrected chi connectivity index (χ3v) is 7.55. The summed E-state index contributed by atoms with van der Waals surface area (Å²) in [5.74, 6) is 1.58. The summed E-state index contributed by atoms with van der Waals surface area (Å²) in [5, 5.41) is 33.6. The number of aliphatic imine (C=N–C) groups is 1. The number of amides is 2. The highest BCUT2D eigenvalue weighted by molar-refractivity contribution is 6.58. The van der Waals surface area contributed by atoms with Crippen LogP contribution in [0.3, 0.4) is 0 Å². The first-order valence-corrected chi connectivity index (χ1v) is 15.2. The predicted molar refractivity (Wildman–Crippen MR) is 173 cm³/mol. The van der Waals surface area contributed by atoms with Gasteiger partial charge in [0.05, 0.1) is 24.4 Å². The monoisotopic (exact) mass is 628 g/mol. The number of anilines is 1. The first-order valence-electron chi connectivity index (χ1n) is 14.8. The Bertz CT molecular complexity index is 1710. The lowest BCUT2D eigenvalue weighted by Gasteiger charge is -2.15. The van der Waals surface area contributed by atoms with Gasteiger partial charge >= 0.3 is 7.12 Å². The minimum absolute atomic E-state index is 0.114.